The molecule has 0 saturated carbocycles. The third-order valence-corrected chi connectivity index (χ3v) is 3.69. The largest absolute Gasteiger partial charge is 0.465 e. The molecule has 0 bridgehead atoms. The Hall–Kier alpha value is -2.90. The average Bonchev–Trinajstić information content (AvgIpc) is 2.64. The van der Waals surface area contributed by atoms with Crippen LogP contribution < -0.4 is 0 Å². The van der Waals surface area contributed by atoms with Crippen molar-refractivity contribution in [3.63, 3.8) is 0 Å². The lowest BCUT2D eigenvalue weighted by atomic mass is 9.93. The van der Waals surface area contributed by atoms with Gasteiger partial charge in [0.15, 0.2) is 11.8 Å². The number of hydrogen-bond donors (Lipinski definition) is 0. The molecule has 1 aromatic carbocycles. The SMILES string of the molecule is CCOC(=O)C(C(=O)OCC)c1ccc(C(C(=O)OCC)C(=O)OCC)cc1. The van der Waals surface area contributed by atoms with E-state index < -0.39 is 35.7 Å². The van der Waals surface area contributed by atoms with E-state index in [0.29, 0.717) is 11.1 Å². The lowest BCUT2D eigenvalue weighted by molar-refractivity contribution is -0.158. The highest BCUT2D eigenvalue weighted by Gasteiger charge is 2.34. The van der Waals surface area contributed by atoms with Gasteiger partial charge in [0.2, 0.25) is 0 Å². The molecule has 8 nitrogen and oxygen atoms in total. The molecule has 0 aliphatic carbocycles. The van der Waals surface area contributed by atoms with Crippen LogP contribution >= 0.6 is 0 Å². The summed E-state index contributed by atoms with van der Waals surface area (Å²) in [6.45, 7) is 6.97. The van der Waals surface area contributed by atoms with Crippen LogP contribution in [-0.4, -0.2) is 50.3 Å². The Morgan fingerprint density at radius 3 is 0.964 bits per heavy atom. The van der Waals surface area contributed by atoms with Crippen molar-refractivity contribution in [2.45, 2.75) is 39.5 Å². The average molecular weight is 394 g/mol. The van der Waals surface area contributed by atoms with E-state index in [1.54, 1.807) is 27.7 Å². The zero-order valence-corrected chi connectivity index (χ0v) is 16.6. The number of rotatable bonds is 10. The maximum atomic E-state index is 12.2. The maximum absolute atomic E-state index is 12.2. The van der Waals surface area contributed by atoms with Gasteiger partial charge in [-0.25, -0.2) is 0 Å². The second-order valence-corrected chi connectivity index (χ2v) is 5.54. The summed E-state index contributed by atoms with van der Waals surface area (Å²) in [6.07, 6.45) is 0. The summed E-state index contributed by atoms with van der Waals surface area (Å²) in [7, 11) is 0. The molecule has 0 heterocycles. The Kier molecular flexibility index (Phi) is 9.70. The molecule has 0 N–H and O–H groups in total. The van der Waals surface area contributed by atoms with E-state index in [1.807, 2.05) is 0 Å². The number of carbonyl (C=O) groups excluding carboxylic acids is 4. The van der Waals surface area contributed by atoms with Crippen LogP contribution in [0.4, 0.5) is 0 Å². The molecule has 0 aliphatic heterocycles. The minimum atomic E-state index is -1.25. The fourth-order valence-electron chi connectivity index (χ4n) is 2.52. The summed E-state index contributed by atoms with van der Waals surface area (Å²) in [5, 5.41) is 0. The Bertz CT molecular complexity index is 585. The first-order chi connectivity index (χ1) is 13.4. The van der Waals surface area contributed by atoms with E-state index in [-0.39, 0.29) is 26.4 Å². The van der Waals surface area contributed by atoms with Crippen molar-refractivity contribution in [2.24, 2.45) is 0 Å². The number of esters is 4. The van der Waals surface area contributed by atoms with E-state index in [9.17, 15) is 19.2 Å². The summed E-state index contributed by atoms with van der Waals surface area (Å²) < 4.78 is 19.8. The third kappa shape index (κ3) is 6.07. The standard InChI is InChI=1S/C20H26O8/c1-5-25-17(21)15(18(22)26-6-2)13-9-11-14(12-10-13)16(19(23)27-7-3)20(24)28-8-4/h9-12,15-16H,5-8H2,1-4H3. The van der Waals surface area contributed by atoms with Crippen LogP contribution in [0.1, 0.15) is 50.7 Å². The van der Waals surface area contributed by atoms with Crippen molar-refractivity contribution in [1.82, 2.24) is 0 Å². The molecular formula is C20H26O8. The molecule has 0 atom stereocenters. The van der Waals surface area contributed by atoms with Gasteiger partial charge in [-0.3, -0.25) is 19.2 Å². The third-order valence-electron chi connectivity index (χ3n) is 3.69. The van der Waals surface area contributed by atoms with E-state index in [2.05, 4.69) is 0 Å². The molecule has 28 heavy (non-hydrogen) atoms. The van der Waals surface area contributed by atoms with Gasteiger partial charge in [-0.05, 0) is 38.8 Å². The summed E-state index contributed by atoms with van der Waals surface area (Å²) in [4.78, 5) is 48.8. The van der Waals surface area contributed by atoms with Crippen LogP contribution in [0.25, 0.3) is 0 Å². The van der Waals surface area contributed by atoms with Gasteiger partial charge in [0.25, 0.3) is 0 Å². The van der Waals surface area contributed by atoms with Crippen LogP contribution in [0, 0.1) is 0 Å². The highest BCUT2D eigenvalue weighted by Crippen LogP contribution is 2.25. The number of benzene rings is 1. The van der Waals surface area contributed by atoms with Crippen molar-refractivity contribution in [3.8, 4) is 0 Å². The van der Waals surface area contributed by atoms with Gasteiger partial charge >= 0.3 is 23.9 Å². The predicted molar refractivity (Wildman–Crippen MR) is 98.5 cm³/mol. The molecule has 1 rings (SSSR count). The fourth-order valence-corrected chi connectivity index (χ4v) is 2.52. The molecule has 8 heteroatoms. The Balaban J connectivity index is 3.21. The van der Waals surface area contributed by atoms with Gasteiger partial charge in [0.05, 0.1) is 26.4 Å². The Morgan fingerprint density at radius 1 is 0.571 bits per heavy atom. The molecule has 1 aromatic rings. The first-order valence-corrected chi connectivity index (χ1v) is 9.17. The molecular weight excluding hydrogens is 368 g/mol. The zero-order chi connectivity index (χ0) is 21.1. The van der Waals surface area contributed by atoms with Crippen molar-refractivity contribution < 1.29 is 38.1 Å². The van der Waals surface area contributed by atoms with Crippen LogP contribution in [0.3, 0.4) is 0 Å². The smallest absolute Gasteiger partial charge is 0.324 e. The molecule has 0 aromatic heterocycles. The van der Waals surface area contributed by atoms with Gasteiger partial charge in [0.1, 0.15) is 0 Å². The number of hydrogen-bond acceptors (Lipinski definition) is 8. The molecule has 0 aliphatic rings. The van der Waals surface area contributed by atoms with E-state index in [4.69, 9.17) is 18.9 Å². The van der Waals surface area contributed by atoms with Crippen molar-refractivity contribution in [3.05, 3.63) is 35.4 Å². The summed E-state index contributed by atoms with van der Waals surface area (Å²) in [6, 6.07) is 5.89. The van der Waals surface area contributed by atoms with E-state index in [0.717, 1.165) is 0 Å². The topological polar surface area (TPSA) is 105 Å². The molecule has 154 valence electrons. The highest BCUT2D eigenvalue weighted by atomic mass is 16.6. The monoisotopic (exact) mass is 394 g/mol. The second-order valence-electron chi connectivity index (χ2n) is 5.54. The van der Waals surface area contributed by atoms with Gasteiger partial charge in [-0.1, -0.05) is 24.3 Å². The number of ether oxygens (including phenoxy) is 4. The lowest BCUT2D eigenvalue weighted by Crippen LogP contribution is -2.27. The first-order valence-electron chi connectivity index (χ1n) is 9.17. The minimum Gasteiger partial charge on any atom is -0.465 e. The molecule has 0 saturated heterocycles. The molecule has 0 fully saturated rings. The van der Waals surface area contributed by atoms with Gasteiger partial charge in [-0.2, -0.15) is 0 Å². The van der Waals surface area contributed by atoms with Crippen molar-refractivity contribution in [2.75, 3.05) is 26.4 Å². The van der Waals surface area contributed by atoms with Crippen LogP contribution in [-0.2, 0) is 38.1 Å². The highest BCUT2D eigenvalue weighted by molar-refractivity contribution is 6.02. The predicted octanol–water partition coefficient (Wildman–Crippen LogP) is 2.11. The molecule has 0 unspecified atom stereocenters. The second kappa shape index (κ2) is 11.7. The van der Waals surface area contributed by atoms with Crippen molar-refractivity contribution >= 4 is 23.9 Å². The van der Waals surface area contributed by atoms with Gasteiger partial charge in [0, 0.05) is 0 Å². The summed E-state index contributed by atoms with van der Waals surface area (Å²) in [5.41, 5.74) is 0.652. The Labute approximate surface area is 164 Å². The molecule has 0 amide bonds. The van der Waals surface area contributed by atoms with E-state index in [1.165, 1.54) is 24.3 Å². The van der Waals surface area contributed by atoms with Crippen molar-refractivity contribution in [1.29, 1.82) is 0 Å². The summed E-state index contributed by atoms with van der Waals surface area (Å²) >= 11 is 0. The maximum Gasteiger partial charge on any atom is 0.324 e. The molecule has 0 radical (unpaired) electrons. The first kappa shape index (κ1) is 23.1. The van der Waals surface area contributed by atoms with Crippen LogP contribution in [0.15, 0.2) is 24.3 Å². The Morgan fingerprint density at radius 2 is 0.786 bits per heavy atom. The quantitative estimate of drug-likeness (QED) is 0.337. The normalized spacial score (nSPS) is 10.5. The molecule has 0 spiro atoms. The van der Waals surface area contributed by atoms with Gasteiger partial charge in [-0.15, -0.1) is 0 Å². The van der Waals surface area contributed by atoms with Gasteiger partial charge < -0.3 is 18.9 Å². The lowest BCUT2D eigenvalue weighted by Gasteiger charge is -2.17. The number of carbonyl (C=O) groups is 4. The minimum absolute atomic E-state index is 0.112. The van der Waals surface area contributed by atoms with Crippen LogP contribution in [0.2, 0.25) is 0 Å². The summed E-state index contributed by atoms with van der Waals surface area (Å²) in [5.74, 6) is -5.45. The fraction of sp³-hybridized carbons (Fsp3) is 0.500. The zero-order valence-electron chi connectivity index (χ0n) is 16.6. The van der Waals surface area contributed by atoms with E-state index >= 15 is 0 Å². The van der Waals surface area contributed by atoms with Crippen LogP contribution in [0.5, 0.6) is 0 Å².